The van der Waals surface area contributed by atoms with Crippen LogP contribution >= 0.6 is 0 Å². The van der Waals surface area contributed by atoms with Gasteiger partial charge < -0.3 is 15.0 Å². The number of nitrogens with one attached hydrogen (secondary N) is 1. The van der Waals surface area contributed by atoms with E-state index in [0.29, 0.717) is 31.9 Å². The lowest BCUT2D eigenvalue weighted by Crippen LogP contribution is -2.50. The Morgan fingerprint density at radius 2 is 2.00 bits per heavy atom. The number of benzene rings is 1. The SMILES string of the molecule is Cc1ccc(C(=O)N[C@H](C)C(=O)N2CCOCC2)cc1F. The molecule has 0 aliphatic carbocycles. The molecule has 0 aromatic heterocycles. The third-order valence-electron chi connectivity index (χ3n) is 3.47. The monoisotopic (exact) mass is 294 g/mol. The number of rotatable bonds is 3. The molecule has 21 heavy (non-hydrogen) atoms. The van der Waals surface area contributed by atoms with Crippen LogP contribution in [0, 0.1) is 12.7 Å². The van der Waals surface area contributed by atoms with Crippen molar-refractivity contribution in [3.05, 3.63) is 35.1 Å². The summed E-state index contributed by atoms with van der Waals surface area (Å²) in [4.78, 5) is 25.9. The number of halogens is 1. The Labute approximate surface area is 123 Å². The molecule has 5 nitrogen and oxygen atoms in total. The van der Waals surface area contributed by atoms with Crippen LogP contribution in [0.4, 0.5) is 4.39 Å². The van der Waals surface area contributed by atoms with Crippen LogP contribution in [0.3, 0.4) is 0 Å². The topological polar surface area (TPSA) is 58.6 Å². The number of carbonyl (C=O) groups is 2. The first kappa shape index (κ1) is 15.4. The molecule has 1 N–H and O–H groups in total. The van der Waals surface area contributed by atoms with Crippen molar-refractivity contribution in [1.29, 1.82) is 0 Å². The van der Waals surface area contributed by atoms with E-state index in [1.807, 2.05) is 0 Å². The second-order valence-electron chi connectivity index (χ2n) is 5.10. The van der Waals surface area contributed by atoms with Gasteiger partial charge in [0.2, 0.25) is 5.91 Å². The van der Waals surface area contributed by atoms with E-state index in [0.717, 1.165) is 0 Å². The molecule has 0 spiro atoms. The molecular weight excluding hydrogens is 275 g/mol. The summed E-state index contributed by atoms with van der Waals surface area (Å²) in [6, 6.07) is 3.61. The van der Waals surface area contributed by atoms with Gasteiger partial charge in [0.15, 0.2) is 0 Å². The summed E-state index contributed by atoms with van der Waals surface area (Å²) in [7, 11) is 0. The second-order valence-corrected chi connectivity index (χ2v) is 5.10. The maximum Gasteiger partial charge on any atom is 0.252 e. The van der Waals surface area contributed by atoms with E-state index in [2.05, 4.69) is 5.32 Å². The number of aryl methyl sites for hydroxylation is 1. The fourth-order valence-electron chi connectivity index (χ4n) is 2.13. The molecule has 1 fully saturated rings. The third-order valence-corrected chi connectivity index (χ3v) is 3.47. The zero-order valence-electron chi connectivity index (χ0n) is 12.2. The molecule has 0 bridgehead atoms. The molecule has 0 unspecified atom stereocenters. The molecule has 2 amide bonds. The van der Waals surface area contributed by atoms with Crippen molar-refractivity contribution < 1.29 is 18.7 Å². The van der Waals surface area contributed by atoms with Crippen molar-refractivity contribution in [3.63, 3.8) is 0 Å². The van der Waals surface area contributed by atoms with Crippen molar-refractivity contribution in [3.8, 4) is 0 Å². The summed E-state index contributed by atoms with van der Waals surface area (Å²) < 4.78 is 18.6. The molecule has 2 rings (SSSR count). The van der Waals surface area contributed by atoms with Gasteiger partial charge in [-0.1, -0.05) is 6.07 Å². The summed E-state index contributed by atoms with van der Waals surface area (Å²) in [6.07, 6.45) is 0. The van der Waals surface area contributed by atoms with Crippen LogP contribution in [0.1, 0.15) is 22.8 Å². The summed E-state index contributed by atoms with van der Waals surface area (Å²) >= 11 is 0. The summed E-state index contributed by atoms with van der Waals surface area (Å²) in [5, 5.41) is 2.60. The van der Waals surface area contributed by atoms with E-state index in [1.54, 1.807) is 30.9 Å². The summed E-state index contributed by atoms with van der Waals surface area (Å²) in [5.74, 6) is -1.04. The van der Waals surface area contributed by atoms with E-state index < -0.39 is 17.8 Å². The van der Waals surface area contributed by atoms with Crippen molar-refractivity contribution in [1.82, 2.24) is 10.2 Å². The van der Waals surface area contributed by atoms with Gasteiger partial charge in [-0.15, -0.1) is 0 Å². The highest BCUT2D eigenvalue weighted by molar-refractivity contribution is 5.97. The van der Waals surface area contributed by atoms with Gasteiger partial charge in [-0.25, -0.2) is 4.39 Å². The second kappa shape index (κ2) is 6.67. The highest BCUT2D eigenvalue weighted by Gasteiger charge is 2.24. The van der Waals surface area contributed by atoms with Gasteiger partial charge in [0, 0.05) is 18.7 Å². The lowest BCUT2D eigenvalue weighted by Gasteiger charge is -2.29. The highest BCUT2D eigenvalue weighted by Crippen LogP contribution is 2.09. The molecule has 1 saturated heterocycles. The minimum atomic E-state index is -0.653. The van der Waals surface area contributed by atoms with Gasteiger partial charge >= 0.3 is 0 Å². The Morgan fingerprint density at radius 1 is 1.33 bits per heavy atom. The lowest BCUT2D eigenvalue weighted by molar-refractivity contribution is -0.136. The van der Waals surface area contributed by atoms with Gasteiger partial charge in [0.25, 0.3) is 5.91 Å². The first-order chi connectivity index (χ1) is 9.99. The van der Waals surface area contributed by atoms with Crippen molar-refractivity contribution in [2.24, 2.45) is 0 Å². The molecule has 1 heterocycles. The Kier molecular flexibility index (Phi) is 4.90. The summed E-state index contributed by atoms with van der Waals surface area (Å²) in [6.45, 7) is 5.32. The maximum absolute atomic E-state index is 13.5. The number of hydrogen-bond acceptors (Lipinski definition) is 3. The first-order valence-corrected chi connectivity index (χ1v) is 6.92. The van der Waals surface area contributed by atoms with Crippen LogP contribution in [-0.2, 0) is 9.53 Å². The van der Waals surface area contributed by atoms with Gasteiger partial charge in [0.05, 0.1) is 13.2 Å². The van der Waals surface area contributed by atoms with Gasteiger partial charge in [-0.2, -0.15) is 0 Å². The predicted molar refractivity (Wildman–Crippen MR) is 75.5 cm³/mol. The lowest BCUT2D eigenvalue weighted by atomic mass is 10.1. The van der Waals surface area contributed by atoms with E-state index in [1.165, 1.54) is 6.07 Å². The molecular formula is C15H19FN2O3. The van der Waals surface area contributed by atoms with Crippen molar-refractivity contribution in [2.45, 2.75) is 19.9 Å². The molecule has 0 radical (unpaired) electrons. The van der Waals surface area contributed by atoms with Crippen LogP contribution in [-0.4, -0.2) is 49.1 Å². The fraction of sp³-hybridized carbons (Fsp3) is 0.467. The van der Waals surface area contributed by atoms with Crippen molar-refractivity contribution >= 4 is 11.8 Å². The Bertz CT molecular complexity index is 542. The normalized spacial score (nSPS) is 16.4. The average Bonchev–Trinajstić information content (AvgIpc) is 2.50. The molecule has 0 saturated carbocycles. The fourth-order valence-corrected chi connectivity index (χ4v) is 2.13. The largest absolute Gasteiger partial charge is 0.378 e. The summed E-state index contributed by atoms with van der Waals surface area (Å²) in [5.41, 5.74) is 0.684. The number of ether oxygens (including phenoxy) is 1. The minimum absolute atomic E-state index is 0.153. The first-order valence-electron chi connectivity index (χ1n) is 6.92. The van der Waals surface area contributed by atoms with E-state index in [9.17, 15) is 14.0 Å². The van der Waals surface area contributed by atoms with E-state index in [4.69, 9.17) is 4.74 Å². The molecule has 1 aromatic carbocycles. The number of nitrogens with zero attached hydrogens (tertiary/aromatic N) is 1. The molecule has 1 aromatic rings. The number of morpholine rings is 1. The van der Waals surface area contributed by atoms with Gasteiger partial charge in [0.1, 0.15) is 11.9 Å². The van der Waals surface area contributed by atoms with E-state index >= 15 is 0 Å². The molecule has 1 atom stereocenters. The molecule has 6 heteroatoms. The van der Waals surface area contributed by atoms with Crippen molar-refractivity contribution in [2.75, 3.05) is 26.3 Å². The van der Waals surface area contributed by atoms with Crippen LogP contribution in [0.2, 0.25) is 0 Å². The smallest absolute Gasteiger partial charge is 0.252 e. The minimum Gasteiger partial charge on any atom is -0.378 e. The average molecular weight is 294 g/mol. The van der Waals surface area contributed by atoms with Crippen LogP contribution in [0.25, 0.3) is 0 Å². The Hall–Kier alpha value is -1.95. The maximum atomic E-state index is 13.5. The van der Waals surface area contributed by atoms with Gasteiger partial charge in [-0.05, 0) is 31.5 Å². The quantitative estimate of drug-likeness (QED) is 0.908. The molecule has 114 valence electrons. The van der Waals surface area contributed by atoms with Gasteiger partial charge in [-0.3, -0.25) is 9.59 Å². The van der Waals surface area contributed by atoms with E-state index in [-0.39, 0.29) is 11.5 Å². The molecule has 1 aliphatic heterocycles. The van der Waals surface area contributed by atoms with Crippen LogP contribution in [0.5, 0.6) is 0 Å². The Morgan fingerprint density at radius 3 is 2.62 bits per heavy atom. The molecule has 1 aliphatic rings. The highest BCUT2D eigenvalue weighted by atomic mass is 19.1. The van der Waals surface area contributed by atoms with Crippen LogP contribution in [0.15, 0.2) is 18.2 Å². The number of amides is 2. The Balaban J connectivity index is 1.97. The zero-order valence-corrected chi connectivity index (χ0v) is 12.2. The standard InChI is InChI=1S/C15H19FN2O3/c1-10-3-4-12(9-13(10)16)14(19)17-11(2)15(20)18-5-7-21-8-6-18/h3-4,9,11H,5-8H2,1-2H3,(H,17,19)/t11-/m1/s1. The number of hydrogen-bond donors (Lipinski definition) is 1. The van der Waals surface area contributed by atoms with Crippen LogP contribution < -0.4 is 5.32 Å². The third kappa shape index (κ3) is 3.78. The zero-order chi connectivity index (χ0) is 15.4. The predicted octanol–water partition coefficient (Wildman–Crippen LogP) is 1.11. The number of carbonyl (C=O) groups excluding carboxylic acids is 2.